The predicted octanol–water partition coefficient (Wildman–Crippen LogP) is 2.67. The normalized spacial score (nSPS) is 30.7. The van der Waals surface area contributed by atoms with Gasteiger partial charge in [0.25, 0.3) is 0 Å². The summed E-state index contributed by atoms with van der Waals surface area (Å²) in [6, 6.07) is 1.00. The van der Waals surface area contributed by atoms with Crippen LogP contribution in [0.25, 0.3) is 0 Å². The molecule has 2 saturated heterocycles. The van der Waals surface area contributed by atoms with Crippen LogP contribution in [0.3, 0.4) is 0 Å². The molecular formula is C12H24ClN2O2P. The number of ether oxygens (including phenoxy) is 2. The molecule has 2 atom stereocenters. The summed E-state index contributed by atoms with van der Waals surface area (Å²) < 4.78 is 15.5. The molecule has 2 aliphatic rings. The van der Waals surface area contributed by atoms with Crippen molar-refractivity contribution in [2.24, 2.45) is 0 Å². The van der Waals surface area contributed by atoms with Crippen molar-refractivity contribution in [1.29, 1.82) is 0 Å². The molecule has 2 rings (SSSR count). The van der Waals surface area contributed by atoms with Gasteiger partial charge in [-0.3, -0.25) is 9.34 Å². The van der Waals surface area contributed by atoms with E-state index in [1.165, 1.54) is 25.7 Å². The fraction of sp³-hybridized carbons (Fsp3) is 1.00. The minimum absolute atomic E-state index is 0.502. The minimum Gasteiger partial charge on any atom is -0.383 e. The van der Waals surface area contributed by atoms with Crippen LogP contribution in [0.2, 0.25) is 0 Å². The van der Waals surface area contributed by atoms with Crippen molar-refractivity contribution >= 4 is 18.8 Å². The molecule has 0 spiro atoms. The van der Waals surface area contributed by atoms with Crippen molar-refractivity contribution in [3.63, 3.8) is 0 Å². The van der Waals surface area contributed by atoms with Gasteiger partial charge in [0.2, 0.25) is 0 Å². The van der Waals surface area contributed by atoms with Crippen LogP contribution in [0.5, 0.6) is 0 Å². The number of halogens is 1. The number of hydrogen-bond donors (Lipinski definition) is 0. The van der Waals surface area contributed by atoms with E-state index in [0.29, 0.717) is 12.1 Å². The molecule has 0 aromatic heterocycles. The van der Waals surface area contributed by atoms with Crippen LogP contribution in [0.1, 0.15) is 25.7 Å². The first-order valence-corrected chi connectivity index (χ1v) is 8.90. The Kier molecular flexibility index (Phi) is 6.13. The van der Waals surface area contributed by atoms with Gasteiger partial charge in [0.15, 0.2) is 0 Å². The largest absolute Gasteiger partial charge is 0.383 e. The quantitative estimate of drug-likeness (QED) is 0.703. The third kappa shape index (κ3) is 3.36. The van der Waals surface area contributed by atoms with Crippen LogP contribution in [0.15, 0.2) is 0 Å². The van der Waals surface area contributed by atoms with E-state index in [4.69, 9.17) is 20.7 Å². The Morgan fingerprint density at radius 1 is 1.00 bits per heavy atom. The maximum Gasteiger partial charge on any atom is 0.140 e. The van der Waals surface area contributed by atoms with Gasteiger partial charge in [-0.05, 0) is 25.7 Å². The van der Waals surface area contributed by atoms with E-state index >= 15 is 0 Å². The highest BCUT2D eigenvalue weighted by molar-refractivity contribution is 7.80. The van der Waals surface area contributed by atoms with Crippen molar-refractivity contribution < 1.29 is 9.47 Å². The zero-order chi connectivity index (χ0) is 13.0. The van der Waals surface area contributed by atoms with Crippen molar-refractivity contribution in [1.82, 2.24) is 9.34 Å². The zero-order valence-corrected chi connectivity index (χ0v) is 13.0. The van der Waals surface area contributed by atoms with E-state index in [1.807, 2.05) is 0 Å². The minimum atomic E-state index is -0.706. The number of hydrogen-bond acceptors (Lipinski definition) is 4. The lowest BCUT2D eigenvalue weighted by Crippen LogP contribution is -2.36. The first-order valence-electron chi connectivity index (χ1n) is 6.74. The van der Waals surface area contributed by atoms with Crippen LogP contribution in [-0.4, -0.2) is 61.9 Å². The number of rotatable bonds is 6. The third-order valence-corrected chi connectivity index (χ3v) is 6.90. The molecular weight excluding hydrogens is 271 g/mol. The van der Waals surface area contributed by atoms with E-state index in [-0.39, 0.29) is 0 Å². The highest BCUT2D eigenvalue weighted by Gasteiger charge is 2.38. The molecule has 0 bridgehead atoms. The summed E-state index contributed by atoms with van der Waals surface area (Å²) in [4.78, 5) is 0. The fourth-order valence-corrected chi connectivity index (χ4v) is 5.95. The summed E-state index contributed by atoms with van der Waals surface area (Å²) >= 11 is 6.76. The van der Waals surface area contributed by atoms with Gasteiger partial charge in [0.1, 0.15) is 7.58 Å². The zero-order valence-electron chi connectivity index (χ0n) is 11.3. The average Bonchev–Trinajstić information content (AvgIpc) is 2.98. The summed E-state index contributed by atoms with van der Waals surface area (Å²) in [5, 5.41) is 0. The molecule has 2 fully saturated rings. The van der Waals surface area contributed by atoms with Gasteiger partial charge in [0, 0.05) is 39.4 Å². The van der Waals surface area contributed by atoms with Crippen LogP contribution in [-0.2, 0) is 9.47 Å². The Labute approximate surface area is 116 Å². The first kappa shape index (κ1) is 15.0. The molecule has 4 nitrogen and oxygen atoms in total. The molecule has 0 aromatic carbocycles. The Bertz CT molecular complexity index is 236. The van der Waals surface area contributed by atoms with Crippen molar-refractivity contribution in [2.75, 3.05) is 40.5 Å². The molecule has 2 heterocycles. The topological polar surface area (TPSA) is 24.9 Å². The standard InChI is InChI=1S/C12H24ClN2O2P/c1-16-9-11-5-3-7-14(11)18(13)15-8-4-6-12(15)10-17-2/h11-12H,3-10H2,1-2H3/t11-,12-/m1/s1. The van der Waals surface area contributed by atoms with E-state index in [1.54, 1.807) is 14.2 Å². The summed E-state index contributed by atoms with van der Waals surface area (Å²) in [6.07, 6.45) is 4.90. The Hall–Kier alpha value is 0.560. The van der Waals surface area contributed by atoms with E-state index in [2.05, 4.69) is 9.34 Å². The van der Waals surface area contributed by atoms with Crippen LogP contribution >= 0.6 is 18.8 Å². The smallest absolute Gasteiger partial charge is 0.140 e. The van der Waals surface area contributed by atoms with Gasteiger partial charge < -0.3 is 9.47 Å². The summed E-state index contributed by atoms with van der Waals surface area (Å²) in [7, 11) is 2.84. The molecule has 0 unspecified atom stereocenters. The number of methoxy groups -OCH3 is 2. The summed E-state index contributed by atoms with van der Waals surface area (Å²) in [5.74, 6) is 0. The Balaban J connectivity index is 1.94. The summed E-state index contributed by atoms with van der Waals surface area (Å²) in [6.45, 7) is 3.82. The van der Waals surface area contributed by atoms with Crippen molar-refractivity contribution in [3.05, 3.63) is 0 Å². The van der Waals surface area contributed by atoms with Crippen LogP contribution in [0, 0.1) is 0 Å². The molecule has 0 radical (unpaired) electrons. The SMILES string of the molecule is COC[C@H]1CCCN1P(Cl)N1CCC[C@@H]1COC. The third-order valence-electron chi connectivity index (χ3n) is 3.83. The Morgan fingerprint density at radius 3 is 1.83 bits per heavy atom. The van der Waals surface area contributed by atoms with Gasteiger partial charge in [-0.1, -0.05) is 11.2 Å². The lowest BCUT2D eigenvalue weighted by molar-refractivity contribution is 0.139. The van der Waals surface area contributed by atoms with E-state index in [0.717, 1.165) is 26.3 Å². The second kappa shape index (κ2) is 7.37. The van der Waals surface area contributed by atoms with Gasteiger partial charge in [-0.25, -0.2) is 0 Å². The van der Waals surface area contributed by atoms with Crippen LogP contribution < -0.4 is 0 Å². The number of nitrogens with zero attached hydrogens (tertiary/aromatic N) is 2. The molecule has 0 aromatic rings. The molecule has 0 amide bonds. The predicted molar refractivity (Wildman–Crippen MR) is 76.0 cm³/mol. The molecule has 0 saturated carbocycles. The summed E-state index contributed by atoms with van der Waals surface area (Å²) in [5.41, 5.74) is 0. The molecule has 0 aliphatic carbocycles. The highest BCUT2D eigenvalue weighted by atomic mass is 35.7. The van der Waals surface area contributed by atoms with Gasteiger partial charge in [-0.15, -0.1) is 0 Å². The Morgan fingerprint density at radius 2 is 1.44 bits per heavy atom. The van der Waals surface area contributed by atoms with Crippen molar-refractivity contribution in [3.8, 4) is 0 Å². The fourth-order valence-electron chi connectivity index (χ4n) is 2.95. The molecule has 106 valence electrons. The average molecular weight is 295 g/mol. The monoisotopic (exact) mass is 294 g/mol. The lowest BCUT2D eigenvalue weighted by atomic mass is 10.2. The van der Waals surface area contributed by atoms with Crippen molar-refractivity contribution in [2.45, 2.75) is 37.8 Å². The van der Waals surface area contributed by atoms with Gasteiger partial charge in [-0.2, -0.15) is 0 Å². The van der Waals surface area contributed by atoms with Crippen LogP contribution in [0.4, 0.5) is 0 Å². The van der Waals surface area contributed by atoms with Gasteiger partial charge >= 0.3 is 0 Å². The maximum atomic E-state index is 6.76. The maximum absolute atomic E-state index is 6.76. The molecule has 2 aliphatic heterocycles. The van der Waals surface area contributed by atoms with E-state index in [9.17, 15) is 0 Å². The molecule has 18 heavy (non-hydrogen) atoms. The second-order valence-electron chi connectivity index (χ2n) is 5.07. The molecule has 6 heteroatoms. The lowest BCUT2D eigenvalue weighted by Gasteiger charge is -2.36. The first-order chi connectivity index (χ1) is 8.77. The second-order valence-corrected chi connectivity index (χ2v) is 7.49. The van der Waals surface area contributed by atoms with E-state index < -0.39 is 7.58 Å². The molecule has 0 N–H and O–H groups in total. The van der Waals surface area contributed by atoms with Gasteiger partial charge in [0.05, 0.1) is 13.2 Å². The highest BCUT2D eigenvalue weighted by Crippen LogP contribution is 2.55.